The SMILES string of the molecule is NCc1cc(CCN2CCCC2)ccc1F. The van der Waals surface area contributed by atoms with Crippen LogP contribution in [0.1, 0.15) is 24.0 Å². The number of hydrogen-bond acceptors (Lipinski definition) is 2. The molecule has 1 heterocycles. The zero-order chi connectivity index (χ0) is 11.4. The molecule has 1 aromatic carbocycles. The zero-order valence-electron chi connectivity index (χ0n) is 9.58. The van der Waals surface area contributed by atoms with E-state index in [2.05, 4.69) is 4.90 Å². The van der Waals surface area contributed by atoms with Crippen molar-refractivity contribution < 1.29 is 4.39 Å². The molecular weight excluding hydrogens is 203 g/mol. The van der Waals surface area contributed by atoms with Gasteiger partial charge in [-0.05, 0) is 44.0 Å². The molecule has 0 aliphatic carbocycles. The van der Waals surface area contributed by atoms with Crippen molar-refractivity contribution in [1.29, 1.82) is 0 Å². The van der Waals surface area contributed by atoms with Crippen LogP contribution in [0.5, 0.6) is 0 Å². The van der Waals surface area contributed by atoms with Crippen LogP contribution in [0.3, 0.4) is 0 Å². The molecule has 1 fully saturated rings. The predicted molar refractivity (Wildman–Crippen MR) is 63.7 cm³/mol. The average Bonchev–Trinajstić information content (AvgIpc) is 2.81. The Bertz CT molecular complexity index is 346. The van der Waals surface area contributed by atoms with Gasteiger partial charge in [-0.1, -0.05) is 12.1 Å². The van der Waals surface area contributed by atoms with Crippen LogP contribution in [0.15, 0.2) is 18.2 Å². The van der Waals surface area contributed by atoms with Gasteiger partial charge in [-0.2, -0.15) is 0 Å². The summed E-state index contributed by atoms with van der Waals surface area (Å²) in [5, 5.41) is 0. The summed E-state index contributed by atoms with van der Waals surface area (Å²) in [5.41, 5.74) is 7.30. The molecule has 1 aliphatic rings. The van der Waals surface area contributed by atoms with Gasteiger partial charge in [-0.25, -0.2) is 4.39 Å². The summed E-state index contributed by atoms with van der Waals surface area (Å²) < 4.78 is 13.2. The minimum Gasteiger partial charge on any atom is -0.326 e. The fourth-order valence-corrected chi connectivity index (χ4v) is 2.23. The molecule has 2 N–H and O–H groups in total. The monoisotopic (exact) mass is 222 g/mol. The Balaban J connectivity index is 1.93. The fourth-order valence-electron chi connectivity index (χ4n) is 2.23. The van der Waals surface area contributed by atoms with E-state index in [1.807, 2.05) is 12.1 Å². The van der Waals surface area contributed by atoms with Crippen LogP contribution in [0.2, 0.25) is 0 Å². The highest BCUT2D eigenvalue weighted by Gasteiger charge is 2.11. The van der Waals surface area contributed by atoms with Crippen molar-refractivity contribution in [2.75, 3.05) is 19.6 Å². The minimum absolute atomic E-state index is 0.188. The van der Waals surface area contributed by atoms with Crippen LogP contribution in [0, 0.1) is 5.82 Å². The lowest BCUT2D eigenvalue weighted by Crippen LogP contribution is -2.22. The first kappa shape index (κ1) is 11.6. The summed E-state index contributed by atoms with van der Waals surface area (Å²) in [4.78, 5) is 2.46. The lowest BCUT2D eigenvalue weighted by Gasteiger charge is -2.14. The van der Waals surface area contributed by atoms with Crippen molar-refractivity contribution in [1.82, 2.24) is 4.90 Å². The topological polar surface area (TPSA) is 29.3 Å². The summed E-state index contributed by atoms with van der Waals surface area (Å²) in [6.45, 7) is 3.79. The van der Waals surface area contributed by atoms with Gasteiger partial charge in [-0.15, -0.1) is 0 Å². The first-order chi connectivity index (χ1) is 7.79. The van der Waals surface area contributed by atoms with E-state index in [-0.39, 0.29) is 12.4 Å². The maximum absolute atomic E-state index is 13.2. The minimum atomic E-state index is -0.188. The summed E-state index contributed by atoms with van der Waals surface area (Å²) in [7, 11) is 0. The molecule has 0 saturated carbocycles. The first-order valence-electron chi connectivity index (χ1n) is 5.99. The molecule has 0 radical (unpaired) electrons. The second kappa shape index (κ2) is 5.41. The number of nitrogens with two attached hydrogens (primary N) is 1. The molecule has 0 amide bonds. The highest BCUT2D eigenvalue weighted by molar-refractivity contribution is 5.25. The molecule has 0 atom stereocenters. The highest BCUT2D eigenvalue weighted by Crippen LogP contribution is 2.13. The van der Waals surface area contributed by atoms with Gasteiger partial charge in [0.2, 0.25) is 0 Å². The lowest BCUT2D eigenvalue weighted by atomic mass is 10.1. The number of rotatable bonds is 4. The lowest BCUT2D eigenvalue weighted by molar-refractivity contribution is 0.343. The predicted octanol–water partition coefficient (Wildman–Crippen LogP) is 1.92. The van der Waals surface area contributed by atoms with E-state index in [1.165, 1.54) is 37.6 Å². The molecule has 0 spiro atoms. The first-order valence-corrected chi connectivity index (χ1v) is 5.99. The molecular formula is C13H19FN2. The van der Waals surface area contributed by atoms with Crippen LogP contribution in [-0.4, -0.2) is 24.5 Å². The van der Waals surface area contributed by atoms with Crippen LogP contribution in [0.4, 0.5) is 4.39 Å². The third kappa shape index (κ3) is 2.80. The molecule has 1 saturated heterocycles. The van der Waals surface area contributed by atoms with Crippen molar-refractivity contribution in [2.45, 2.75) is 25.8 Å². The highest BCUT2D eigenvalue weighted by atomic mass is 19.1. The molecule has 16 heavy (non-hydrogen) atoms. The van der Waals surface area contributed by atoms with E-state index in [0.717, 1.165) is 13.0 Å². The summed E-state index contributed by atoms with van der Waals surface area (Å²) >= 11 is 0. The van der Waals surface area contributed by atoms with Crippen molar-refractivity contribution in [3.63, 3.8) is 0 Å². The Morgan fingerprint density at radius 3 is 2.69 bits per heavy atom. The van der Waals surface area contributed by atoms with Crippen molar-refractivity contribution in [2.24, 2.45) is 5.73 Å². The van der Waals surface area contributed by atoms with E-state index < -0.39 is 0 Å². The molecule has 1 aromatic rings. The van der Waals surface area contributed by atoms with E-state index in [1.54, 1.807) is 0 Å². The van der Waals surface area contributed by atoms with Gasteiger partial charge in [0.25, 0.3) is 0 Å². The molecule has 0 unspecified atom stereocenters. The summed E-state index contributed by atoms with van der Waals surface area (Å²) in [6, 6.07) is 5.29. The van der Waals surface area contributed by atoms with Crippen molar-refractivity contribution in [3.05, 3.63) is 35.1 Å². The van der Waals surface area contributed by atoms with Gasteiger partial charge in [0.15, 0.2) is 0 Å². The number of hydrogen-bond donors (Lipinski definition) is 1. The standard InChI is InChI=1S/C13H19FN2/c14-13-4-3-11(9-12(13)10-15)5-8-16-6-1-2-7-16/h3-4,9H,1-2,5-8,10,15H2. The Hall–Kier alpha value is -0.930. The summed E-state index contributed by atoms with van der Waals surface area (Å²) in [5.74, 6) is -0.188. The van der Waals surface area contributed by atoms with Crippen LogP contribution >= 0.6 is 0 Å². The second-order valence-corrected chi connectivity index (χ2v) is 4.43. The molecule has 1 aliphatic heterocycles. The van der Waals surface area contributed by atoms with E-state index in [0.29, 0.717) is 5.56 Å². The van der Waals surface area contributed by atoms with Gasteiger partial charge in [-0.3, -0.25) is 0 Å². The van der Waals surface area contributed by atoms with Crippen LogP contribution in [-0.2, 0) is 13.0 Å². The van der Waals surface area contributed by atoms with Gasteiger partial charge >= 0.3 is 0 Å². The number of halogens is 1. The Labute approximate surface area is 96.2 Å². The third-order valence-corrected chi connectivity index (χ3v) is 3.25. The maximum Gasteiger partial charge on any atom is 0.127 e. The Kier molecular flexibility index (Phi) is 3.91. The smallest absolute Gasteiger partial charge is 0.127 e. The second-order valence-electron chi connectivity index (χ2n) is 4.43. The number of benzene rings is 1. The molecule has 2 nitrogen and oxygen atoms in total. The van der Waals surface area contributed by atoms with Gasteiger partial charge in [0, 0.05) is 18.7 Å². The zero-order valence-corrected chi connectivity index (χ0v) is 9.58. The molecule has 0 bridgehead atoms. The Morgan fingerprint density at radius 1 is 1.25 bits per heavy atom. The van der Waals surface area contributed by atoms with Gasteiger partial charge in [0.05, 0.1) is 0 Å². The quantitative estimate of drug-likeness (QED) is 0.843. The Morgan fingerprint density at radius 2 is 2.00 bits per heavy atom. The van der Waals surface area contributed by atoms with Gasteiger partial charge < -0.3 is 10.6 Å². The van der Waals surface area contributed by atoms with Crippen LogP contribution in [0.25, 0.3) is 0 Å². The van der Waals surface area contributed by atoms with Crippen LogP contribution < -0.4 is 5.73 Å². The largest absolute Gasteiger partial charge is 0.326 e. The molecule has 2 rings (SSSR count). The summed E-state index contributed by atoms with van der Waals surface area (Å²) in [6.07, 6.45) is 3.63. The van der Waals surface area contributed by atoms with Crippen molar-refractivity contribution in [3.8, 4) is 0 Å². The number of likely N-dealkylation sites (tertiary alicyclic amines) is 1. The van der Waals surface area contributed by atoms with Crippen molar-refractivity contribution >= 4 is 0 Å². The normalized spacial score (nSPS) is 16.9. The maximum atomic E-state index is 13.2. The molecule has 0 aromatic heterocycles. The average molecular weight is 222 g/mol. The molecule has 88 valence electrons. The number of nitrogens with zero attached hydrogens (tertiary/aromatic N) is 1. The molecule has 3 heteroatoms. The van der Waals surface area contributed by atoms with Gasteiger partial charge in [0.1, 0.15) is 5.82 Å². The third-order valence-electron chi connectivity index (χ3n) is 3.25. The van der Waals surface area contributed by atoms with E-state index >= 15 is 0 Å². The van der Waals surface area contributed by atoms with E-state index in [4.69, 9.17) is 5.73 Å². The van der Waals surface area contributed by atoms with E-state index in [9.17, 15) is 4.39 Å². The fraction of sp³-hybridized carbons (Fsp3) is 0.538.